The molecule has 1 aliphatic rings. The van der Waals surface area contributed by atoms with Crippen LogP contribution in [0.5, 0.6) is 5.75 Å². The van der Waals surface area contributed by atoms with E-state index < -0.39 is 0 Å². The third-order valence-electron chi connectivity index (χ3n) is 3.75. The van der Waals surface area contributed by atoms with Crippen molar-refractivity contribution in [3.63, 3.8) is 0 Å². The second-order valence-electron chi connectivity index (χ2n) is 6.25. The van der Waals surface area contributed by atoms with Gasteiger partial charge >= 0.3 is 0 Å². The highest BCUT2D eigenvalue weighted by Crippen LogP contribution is 2.27. The van der Waals surface area contributed by atoms with Crippen molar-refractivity contribution in [3.8, 4) is 5.75 Å². The van der Waals surface area contributed by atoms with Crippen LogP contribution in [0.2, 0.25) is 0 Å². The highest BCUT2D eigenvalue weighted by molar-refractivity contribution is 14.0. The fraction of sp³-hybridized carbons (Fsp3) is 0.611. The van der Waals surface area contributed by atoms with Gasteiger partial charge in [-0.05, 0) is 38.2 Å². The van der Waals surface area contributed by atoms with Crippen molar-refractivity contribution in [1.29, 1.82) is 0 Å². The van der Waals surface area contributed by atoms with Crippen LogP contribution in [0.4, 0.5) is 0 Å². The number of hydrogen-bond acceptors (Lipinski definition) is 2. The van der Waals surface area contributed by atoms with E-state index in [0.717, 1.165) is 30.4 Å². The van der Waals surface area contributed by atoms with Gasteiger partial charge in [0, 0.05) is 18.7 Å². The van der Waals surface area contributed by atoms with Gasteiger partial charge in [0.25, 0.3) is 0 Å². The SMILES string of the molecule is CCNC(=NCc1ccccc1OC1CCC1)NCC(C)C.I. The summed E-state index contributed by atoms with van der Waals surface area (Å²) in [6.45, 7) is 8.89. The molecule has 0 atom stereocenters. The van der Waals surface area contributed by atoms with Crippen LogP contribution in [0, 0.1) is 5.92 Å². The molecule has 1 aliphatic carbocycles. The molecule has 23 heavy (non-hydrogen) atoms. The summed E-state index contributed by atoms with van der Waals surface area (Å²) in [5.74, 6) is 2.45. The molecule has 0 bridgehead atoms. The predicted molar refractivity (Wildman–Crippen MR) is 108 cm³/mol. The average Bonchev–Trinajstić information content (AvgIpc) is 2.46. The predicted octanol–water partition coefficient (Wildman–Crippen LogP) is 3.95. The van der Waals surface area contributed by atoms with E-state index in [2.05, 4.69) is 48.5 Å². The Morgan fingerprint density at radius 3 is 2.61 bits per heavy atom. The first-order chi connectivity index (χ1) is 10.7. The Hall–Kier alpha value is -0.980. The number of ether oxygens (including phenoxy) is 1. The summed E-state index contributed by atoms with van der Waals surface area (Å²) in [7, 11) is 0. The van der Waals surface area contributed by atoms with Gasteiger partial charge in [-0.1, -0.05) is 32.0 Å². The van der Waals surface area contributed by atoms with Crippen molar-refractivity contribution < 1.29 is 4.74 Å². The molecule has 0 radical (unpaired) electrons. The molecular weight excluding hydrogens is 401 g/mol. The number of nitrogens with zero attached hydrogens (tertiary/aromatic N) is 1. The van der Waals surface area contributed by atoms with Gasteiger partial charge in [0.2, 0.25) is 0 Å². The third-order valence-corrected chi connectivity index (χ3v) is 3.75. The maximum Gasteiger partial charge on any atom is 0.191 e. The van der Waals surface area contributed by atoms with Crippen LogP contribution in [0.1, 0.15) is 45.6 Å². The molecule has 1 aromatic rings. The summed E-state index contributed by atoms with van der Waals surface area (Å²) in [6.07, 6.45) is 4.04. The van der Waals surface area contributed by atoms with E-state index in [0.29, 0.717) is 18.6 Å². The number of para-hydroxylation sites is 1. The first-order valence-electron chi connectivity index (χ1n) is 8.45. The first kappa shape index (κ1) is 20.1. The molecule has 0 unspecified atom stereocenters. The van der Waals surface area contributed by atoms with Gasteiger partial charge in [-0.2, -0.15) is 0 Å². The van der Waals surface area contributed by atoms with Crippen molar-refractivity contribution in [2.24, 2.45) is 10.9 Å². The van der Waals surface area contributed by atoms with E-state index in [1.807, 2.05) is 12.1 Å². The molecule has 2 N–H and O–H groups in total. The number of rotatable bonds is 7. The normalized spacial score (nSPS) is 14.9. The number of benzene rings is 1. The van der Waals surface area contributed by atoms with Gasteiger partial charge in [-0.15, -0.1) is 24.0 Å². The number of halogens is 1. The zero-order chi connectivity index (χ0) is 15.8. The molecule has 4 nitrogen and oxygen atoms in total. The second-order valence-corrected chi connectivity index (χ2v) is 6.25. The van der Waals surface area contributed by atoms with Crippen LogP contribution in [0.3, 0.4) is 0 Å². The molecule has 0 amide bonds. The van der Waals surface area contributed by atoms with E-state index >= 15 is 0 Å². The standard InChI is InChI=1S/C18H29N3O.HI/c1-4-19-18(20-12-14(2)3)21-13-15-8-5-6-11-17(15)22-16-9-7-10-16;/h5-6,8,11,14,16H,4,7,9-10,12-13H2,1-3H3,(H2,19,20,21);1H. The molecule has 1 aromatic carbocycles. The molecule has 2 rings (SSSR count). The largest absolute Gasteiger partial charge is 0.490 e. The van der Waals surface area contributed by atoms with Gasteiger partial charge in [0.1, 0.15) is 5.75 Å². The topological polar surface area (TPSA) is 45.7 Å². The van der Waals surface area contributed by atoms with Gasteiger partial charge in [0.05, 0.1) is 12.6 Å². The van der Waals surface area contributed by atoms with Crippen molar-refractivity contribution in [3.05, 3.63) is 29.8 Å². The minimum atomic E-state index is 0. The molecule has 0 aliphatic heterocycles. The highest BCUT2D eigenvalue weighted by Gasteiger charge is 2.20. The van der Waals surface area contributed by atoms with Crippen LogP contribution in [-0.2, 0) is 6.54 Å². The molecule has 0 aromatic heterocycles. The summed E-state index contributed by atoms with van der Waals surface area (Å²) >= 11 is 0. The quantitative estimate of drug-likeness (QED) is 0.391. The smallest absolute Gasteiger partial charge is 0.191 e. The van der Waals surface area contributed by atoms with E-state index in [1.165, 1.54) is 19.3 Å². The molecule has 130 valence electrons. The molecule has 5 heteroatoms. The van der Waals surface area contributed by atoms with E-state index in [-0.39, 0.29) is 24.0 Å². The van der Waals surface area contributed by atoms with Crippen molar-refractivity contribution in [2.45, 2.75) is 52.7 Å². The lowest BCUT2D eigenvalue weighted by atomic mass is 9.96. The van der Waals surface area contributed by atoms with Crippen LogP contribution >= 0.6 is 24.0 Å². The lowest BCUT2D eigenvalue weighted by Gasteiger charge is -2.27. The van der Waals surface area contributed by atoms with Crippen molar-refractivity contribution >= 4 is 29.9 Å². The zero-order valence-electron chi connectivity index (χ0n) is 14.5. The summed E-state index contributed by atoms with van der Waals surface area (Å²) in [5.41, 5.74) is 1.15. The lowest BCUT2D eigenvalue weighted by Crippen LogP contribution is -2.39. The lowest BCUT2D eigenvalue weighted by molar-refractivity contribution is 0.119. The molecule has 1 saturated carbocycles. The molecular formula is C18H30IN3O. The van der Waals surface area contributed by atoms with Crippen LogP contribution in [0.25, 0.3) is 0 Å². The number of nitrogens with one attached hydrogen (secondary N) is 2. The molecule has 1 fully saturated rings. The van der Waals surface area contributed by atoms with Crippen LogP contribution in [-0.4, -0.2) is 25.2 Å². The summed E-state index contributed by atoms with van der Waals surface area (Å²) in [4.78, 5) is 4.68. The first-order valence-corrected chi connectivity index (χ1v) is 8.45. The van der Waals surface area contributed by atoms with Crippen LogP contribution in [0.15, 0.2) is 29.3 Å². The maximum atomic E-state index is 6.06. The van der Waals surface area contributed by atoms with Gasteiger partial charge < -0.3 is 15.4 Å². The van der Waals surface area contributed by atoms with E-state index in [9.17, 15) is 0 Å². The number of guanidine groups is 1. The number of aliphatic imine (C=N–C) groups is 1. The minimum Gasteiger partial charge on any atom is -0.490 e. The average molecular weight is 431 g/mol. The van der Waals surface area contributed by atoms with Gasteiger partial charge in [0.15, 0.2) is 5.96 Å². The highest BCUT2D eigenvalue weighted by atomic mass is 127. The summed E-state index contributed by atoms with van der Waals surface area (Å²) < 4.78 is 6.06. The molecule has 0 heterocycles. The second kappa shape index (κ2) is 10.7. The Kier molecular flexibility index (Phi) is 9.36. The Balaban J connectivity index is 0.00000264. The van der Waals surface area contributed by atoms with Gasteiger partial charge in [-0.25, -0.2) is 4.99 Å². The van der Waals surface area contributed by atoms with Crippen LogP contribution < -0.4 is 15.4 Å². The van der Waals surface area contributed by atoms with Crippen molar-refractivity contribution in [1.82, 2.24) is 10.6 Å². The summed E-state index contributed by atoms with van der Waals surface area (Å²) in [5, 5.41) is 6.66. The van der Waals surface area contributed by atoms with E-state index in [1.54, 1.807) is 0 Å². The maximum absolute atomic E-state index is 6.06. The number of hydrogen-bond donors (Lipinski definition) is 2. The minimum absolute atomic E-state index is 0. The van der Waals surface area contributed by atoms with E-state index in [4.69, 9.17) is 4.74 Å². The fourth-order valence-electron chi connectivity index (χ4n) is 2.22. The monoisotopic (exact) mass is 431 g/mol. The molecule has 0 saturated heterocycles. The van der Waals surface area contributed by atoms with Gasteiger partial charge in [-0.3, -0.25) is 0 Å². The Morgan fingerprint density at radius 1 is 1.26 bits per heavy atom. The Morgan fingerprint density at radius 2 is 2.00 bits per heavy atom. The fourth-order valence-corrected chi connectivity index (χ4v) is 2.22. The zero-order valence-corrected chi connectivity index (χ0v) is 16.8. The summed E-state index contributed by atoms with van der Waals surface area (Å²) in [6, 6.07) is 8.23. The third kappa shape index (κ3) is 6.97. The van der Waals surface area contributed by atoms with Crippen molar-refractivity contribution in [2.75, 3.05) is 13.1 Å². The molecule has 0 spiro atoms. The Bertz CT molecular complexity index is 487. The Labute approximate surface area is 157 Å².